The van der Waals surface area contributed by atoms with Crippen molar-refractivity contribution in [2.45, 2.75) is 57.7 Å². The Hall–Kier alpha value is -2.57. The van der Waals surface area contributed by atoms with Gasteiger partial charge in [0.2, 0.25) is 0 Å². The number of carbonyl (C=O) groups excluding carboxylic acids is 3. The van der Waals surface area contributed by atoms with E-state index in [-0.39, 0.29) is 18.4 Å². The molecule has 1 saturated heterocycles. The van der Waals surface area contributed by atoms with Crippen LogP contribution in [-0.4, -0.2) is 54.2 Å². The van der Waals surface area contributed by atoms with Gasteiger partial charge in [-0.05, 0) is 52.2 Å². The summed E-state index contributed by atoms with van der Waals surface area (Å²) in [6, 6.07) is 7.63. The molecule has 0 aromatic heterocycles. The molecule has 0 spiro atoms. The van der Waals surface area contributed by atoms with Crippen LogP contribution in [0.25, 0.3) is 0 Å². The van der Waals surface area contributed by atoms with Crippen molar-refractivity contribution in [2.24, 2.45) is 0 Å². The lowest BCUT2D eigenvalue weighted by Gasteiger charge is -2.30. The van der Waals surface area contributed by atoms with Gasteiger partial charge >= 0.3 is 12.1 Å². The molecule has 1 aliphatic heterocycles. The van der Waals surface area contributed by atoms with Crippen molar-refractivity contribution in [3.63, 3.8) is 0 Å². The number of methoxy groups -OCH3 is 1. The molecule has 2 amide bonds. The number of rotatable bonds is 5. The molecule has 1 heterocycles. The van der Waals surface area contributed by atoms with E-state index < -0.39 is 23.7 Å². The Morgan fingerprint density at radius 1 is 1.22 bits per heavy atom. The molecule has 0 saturated carbocycles. The van der Waals surface area contributed by atoms with Crippen LogP contribution in [0.3, 0.4) is 0 Å². The highest BCUT2D eigenvalue weighted by Gasteiger charge is 2.36. The van der Waals surface area contributed by atoms with Gasteiger partial charge in [0.25, 0.3) is 5.91 Å². The third kappa shape index (κ3) is 5.98. The van der Waals surface area contributed by atoms with E-state index in [4.69, 9.17) is 9.47 Å². The fourth-order valence-electron chi connectivity index (χ4n) is 3.10. The topological polar surface area (TPSA) is 84.9 Å². The molecule has 1 aromatic carbocycles. The second-order valence-electron chi connectivity index (χ2n) is 7.62. The summed E-state index contributed by atoms with van der Waals surface area (Å²) < 4.78 is 10.3. The number of esters is 1. The Morgan fingerprint density at radius 2 is 1.89 bits per heavy atom. The molecule has 1 fully saturated rings. The summed E-state index contributed by atoms with van der Waals surface area (Å²) in [7, 11) is 1.28. The van der Waals surface area contributed by atoms with Gasteiger partial charge in [-0.15, -0.1) is 0 Å². The number of nitrogens with one attached hydrogen (secondary N) is 1. The van der Waals surface area contributed by atoms with E-state index in [9.17, 15) is 14.4 Å². The van der Waals surface area contributed by atoms with Crippen LogP contribution in [0.15, 0.2) is 30.3 Å². The molecule has 1 N–H and O–H groups in total. The Labute approximate surface area is 160 Å². The van der Waals surface area contributed by atoms with E-state index in [1.165, 1.54) is 7.11 Å². The number of amides is 2. The largest absolute Gasteiger partial charge is 0.467 e. The fourth-order valence-corrected chi connectivity index (χ4v) is 3.10. The van der Waals surface area contributed by atoms with Crippen LogP contribution in [0.5, 0.6) is 0 Å². The quantitative estimate of drug-likeness (QED) is 0.799. The summed E-state index contributed by atoms with van der Waals surface area (Å²) in [5, 5.41) is 2.73. The summed E-state index contributed by atoms with van der Waals surface area (Å²) in [5.41, 5.74) is -0.130. The number of ether oxygens (including phenoxy) is 2. The van der Waals surface area contributed by atoms with Gasteiger partial charge in [-0.2, -0.15) is 0 Å². The summed E-state index contributed by atoms with van der Waals surface area (Å²) in [5.74, 6) is -0.886. The zero-order valence-corrected chi connectivity index (χ0v) is 16.4. The molecule has 1 aliphatic rings. The van der Waals surface area contributed by atoms with Gasteiger partial charge in [-0.25, -0.2) is 9.59 Å². The fraction of sp³-hybridized carbons (Fsp3) is 0.550. The normalized spacial score (nSPS) is 17.9. The first kappa shape index (κ1) is 20.7. The maximum atomic E-state index is 12.4. The van der Waals surface area contributed by atoms with Crippen LogP contribution in [0.2, 0.25) is 0 Å². The standard InChI is InChI=1S/C20H28N2O5/c1-20(2,3)27-19(25)22-12-8-11-15(22)13-16(18(24)26-4)21-17(23)14-9-6-5-7-10-14/h5-7,9-10,15-16H,8,11-13H2,1-4H3,(H,21,23)/t15-,16-/m1/s1. The average molecular weight is 376 g/mol. The highest BCUT2D eigenvalue weighted by Crippen LogP contribution is 2.24. The molecular formula is C20H28N2O5. The molecule has 0 bridgehead atoms. The van der Waals surface area contributed by atoms with Crippen LogP contribution in [0, 0.1) is 0 Å². The zero-order chi connectivity index (χ0) is 20.0. The SMILES string of the molecule is COC(=O)[C@@H](C[C@H]1CCCN1C(=O)OC(C)(C)C)NC(=O)c1ccccc1. The maximum absolute atomic E-state index is 12.4. The van der Waals surface area contributed by atoms with Crippen LogP contribution >= 0.6 is 0 Å². The highest BCUT2D eigenvalue weighted by molar-refractivity contribution is 5.96. The Kier molecular flexibility index (Phi) is 6.82. The maximum Gasteiger partial charge on any atom is 0.410 e. The Morgan fingerprint density at radius 3 is 2.48 bits per heavy atom. The minimum absolute atomic E-state index is 0.194. The monoisotopic (exact) mass is 376 g/mol. The van der Waals surface area contributed by atoms with E-state index in [1.807, 2.05) is 26.8 Å². The van der Waals surface area contributed by atoms with Gasteiger partial charge in [-0.1, -0.05) is 18.2 Å². The van der Waals surface area contributed by atoms with Gasteiger partial charge < -0.3 is 19.7 Å². The number of likely N-dealkylation sites (tertiary alicyclic amines) is 1. The average Bonchev–Trinajstić information content (AvgIpc) is 3.08. The van der Waals surface area contributed by atoms with Crippen molar-refractivity contribution < 1.29 is 23.9 Å². The summed E-state index contributed by atoms with van der Waals surface area (Å²) >= 11 is 0. The summed E-state index contributed by atoms with van der Waals surface area (Å²) in [6.07, 6.45) is 1.45. The summed E-state index contributed by atoms with van der Waals surface area (Å²) in [4.78, 5) is 38.7. The molecule has 0 radical (unpaired) electrons. The number of carbonyl (C=O) groups is 3. The number of benzene rings is 1. The zero-order valence-electron chi connectivity index (χ0n) is 16.4. The van der Waals surface area contributed by atoms with Crippen molar-refractivity contribution in [1.82, 2.24) is 10.2 Å². The van der Waals surface area contributed by atoms with E-state index in [1.54, 1.807) is 29.2 Å². The minimum Gasteiger partial charge on any atom is -0.467 e. The molecule has 7 heteroatoms. The first-order valence-corrected chi connectivity index (χ1v) is 9.14. The van der Waals surface area contributed by atoms with Crippen LogP contribution in [0.1, 0.15) is 50.4 Å². The first-order valence-electron chi connectivity index (χ1n) is 9.14. The minimum atomic E-state index is -0.837. The number of nitrogens with zero attached hydrogens (tertiary/aromatic N) is 1. The molecule has 0 unspecified atom stereocenters. The molecular weight excluding hydrogens is 348 g/mol. The van der Waals surface area contributed by atoms with Gasteiger partial charge in [-0.3, -0.25) is 4.79 Å². The van der Waals surface area contributed by atoms with Crippen molar-refractivity contribution in [3.8, 4) is 0 Å². The molecule has 0 aliphatic carbocycles. The van der Waals surface area contributed by atoms with E-state index in [0.29, 0.717) is 12.1 Å². The van der Waals surface area contributed by atoms with Crippen molar-refractivity contribution in [2.75, 3.05) is 13.7 Å². The third-order valence-electron chi connectivity index (χ3n) is 4.34. The van der Waals surface area contributed by atoms with Gasteiger partial charge in [0, 0.05) is 18.2 Å². The van der Waals surface area contributed by atoms with E-state index in [2.05, 4.69) is 5.32 Å². The van der Waals surface area contributed by atoms with Gasteiger partial charge in [0.05, 0.1) is 7.11 Å². The lowest BCUT2D eigenvalue weighted by Crippen LogP contribution is -2.47. The Bertz CT molecular complexity index is 669. The first-order chi connectivity index (χ1) is 12.7. The van der Waals surface area contributed by atoms with E-state index >= 15 is 0 Å². The summed E-state index contributed by atoms with van der Waals surface area (Å²) in [6.45, 7) is 6.01. The third-order valence-corrected chi connectivity index (χ3v) is 4.34. The molecule has 7 nitrogen and oxygen atoms in total. The molecule has 1 aromatic rings. The van der Waals surface area contributed by atoms with Gasteiger partial charge in [0.1, 0.15) is 11.6 Å². The smallest absolute Gasteiger partial charge is 0.410 e. The van der Waals surface area contributed by atoms with E-state index in [0.717, 1.165) is 12.8 Å². The van der Waals surface area contributed by atoms with Crippen LogP contribution < -0.4 is 5.32 Å². The van der Waals surface area contributed by atoms with Gasteiger partial charge in [0.15, 0.2) is 0 Å². The van der Waals surface area contributed by atoms with Crippen molar-refractivity contribution in [1.29, 1.82) is 0 Å². The molecule has 2 atom stereocenters. The highest BCUT2D eigenvalue weighted by atomic mass is 16.6. The van der Waals surface area contributed by atoms with Crippen LogP contribution in [0.4, 0.5) is 4.79 Å². The lowest BCUT2D eigenvalue weighted by molar-refractivity contribution is -0.143. The predicted octanol–water partition coefficient (Wildman–Crippen LogP) is 2.75. The second-order valence-corrected chi connectivity index (χ2v) is 7.62. The second kappa shape index (κ2) is 8.88. The van der Waals surface area contributed by atoms with Crippen molar-refractivity contribution >= 4 is 18.0 Å². The molecule has 148 valence electrons. The number of hydrogen-bond donors (Lipinski definition) is 1. The number of hydrogen-bond acceptors (Lipinski definition) is 5. The van der Waals surface area contributed by atoms with Crippen molar-refractivity contribution in [3.05, 3.63) is 35.9 Å². The Balaban J connectivity index is 2.07. The molecule has 27 heavy (non-hydrogen) atoms. The molecule has 2 rings (SSSR count). The lowest BCUT2D eigenvalue weighted by atomic mass is 10.0. The predicted molar refractivity (Wildman–Crippen MR) is 100 cm³/mol. The van der Waals surface area contributed by atoms with Crippen LogP contribution in [-0.2, 0) is 14.3 Å².